The second-order valence-corrected chi connectivity index (χ2v) is 4.38. The molecule has 1 N–H and O–H groups in total. The Balaban J connectivity index is 1.63. The first-order valence-corrected chi connectivity index (χ1v) is 5.66. The average Bonchev–Trinajstić information content (AvgIpc) is 2.75. The van der Waals surface area contributed by atoms with Gasteiger partial charge in [-0.05, 0) is 24.3 Å². The highest BCUT2D eigenvalue weighted by atomic mass is 32.1. The zero-order chi connectivity index (χ0) is 8.93. The Morgan fingerprint density at radius 3 is 3.31 bits per heavy atom. The van der Waals surface area contributed by atoms with Crippen molar-refractivity contribution in [3.05, 3.63) is 22.4 Å². The largest absolute Gasteiger partial charge is 0.380 e. The Morgan fingerprint density at radius 2 is 2.62 bits per heavy atom. The Labute approximate surface area is 82.9 Å². The van der Waals surface area contributed by atoms with Crippen molar-refractivity contribution in [2.24, 2.45) is 0 Å². The molecule has 1 aliphatic rings. The molecular formula is C10H15NOS. The molecule has 0 bridgehead atoms. The number of thiophene rings is 1. The summed E-state index contributed by atoms with van der Waals surface area (Å²) in [6.07, 6.45) is 2.32. The van der Waals surface area contributed by atoms with Gasteiger partial charge in [-0.1, -0.05) is 6.07 Å². The molecule has 2 heterocycles. The van der Waals surface area contributed by atoms with Crippen LogP contribution in [0.25, 0.3) is 0 Å². The molecule has 1 saturated heterocycles. The summed E-state index contributed by atoms with van der Waals surface area (Å²) in [5, 5.41) is 5.63. The molecule has 1 fully saturated rings. The summed E-state index contributed by atoms with van der Waals surface area (Å²) in [4.78, 5) is 1.46. The third-order valence-electron chi connectivity index (χ3n) is 2.31. The van der Waals surface area contributed by atoms with Crippen molar-refractivity contribution < 1.29 is 4.74 Å². The zero-order valence-electron chi connectivity index (χ0n) is 7.66. The van der Waals surface area contributed by atoms with Crippen molar-refractivity contribution in [2.75, 3.05) is 19.8 Å². The number of rotatable bonds is 4. The van der Waals surface area contributed by atoms with Crippen molar-refractivity contribution in [2.45, 2.75) is 18.9 Å². The van der Waals surface area contributed by atoms with E-state index in [4.69, 9.17) is 4.74 Å². The molecule has 1 aliphatic heterocycles. The van der Waals surface area contributed by atoms with Gasteiger partial charge in [-0.15, -0.1) is 11.3 Å². The summed E-state index contributed by atoms with van der Waals surface area (Å²) in [6.45, 7) is 2.90. The van der Waals surface area contributed by atoms with Crippen LogP contribution in [0.5, 0.6) is 0 Å². The van der Waals surface area contributed by atoms with E-state index in [0.29, 0.717) is 6.04 Å². The maximum absolute atomic E-state index is 5.28. The van der Waals surface area contributed by atoms with Gasteiger partial charge in [0, 0.05) is 24.1 Å². The predicted molar refractivity (Wildman–Crippen MR) is 55.2 cm³/mol. The van der Waals surface area contributed by atoms with E-state index in [0.717, 1.165) is 26.2 Å². The van der Waals surface area contributed by atoms with E-state index < -0.39 is 0 Å². The van der Waals surface area contributed by atoms with E-state index in [9.17, 15) is 0 Å². The van der Waals surface area contributed by atoms with Gasteiger partial charge < -0.3 is 10.1 Å². The van der Waals surface area contributed by atoms with Crippen LogP contribution in [0.3, 0.4) is 0 Å². The summed E-state index contributed by atoms with van der Waals surface area (Å²) >= 11 is 1.83. The molecule has 1 atom stereocenters. The molecule has 0 spiro atoms. The maximum Gasteiger partial charge on any atom is 0.0620 e. The van der Waals surface area contributed by atoms with E-state index in [1.54, 1.807) is 0 Å². The summed E-state index contributed by atoms with van der Waals surface area (Å²) in [5.74, 6) is 0. The fourth-order valence-corrected chi connectivity index (χ4v) is 2.26. The third kappa shape index (κ3) is 2.79. The van der Waals surface area contributed by atoms with Gasteiger partial charge in [0.1, 0.15) is 0 Å². The minimum atomic E-state index is 0.597. The summed E-state index contributed by atoms with van der Waals surface area (Å²) in [5.41, 5.74) is 0. The Hall–Kier alpha value is -0.380. The van der Waals surface area contributed by atoms with Crippen LogP contribution >= 0.6 is 11.3 Å². The normalized spacial score (nSPS) is 22.3. The standard InChI is InChI=1S/C10H15NOS/c1-2-10(13-7-1)3-5-11-9-4-6-12-8-9/h1-2,7,9,11H,3-6,8H2. The van der Waals surface area contributed by atoms with Gasteiger partial charge in [0.05, 0.1) is 6.61 Å². The number of ether oxygens (including phenoxy) is 1. The minimum Gasteiger partial charge on any atom is -0.380 e. The van der Waals surface area contributed by atoms with Gasteiger partial charge >= 0.3 is 0 Å². The second kappa shape index (κ2) is 4.74. The van der Waals surface area contributed by atoms with Gasteiger partial charge in [-0.25, -0.2) is 0 Å². The van der Waals surface area contributed by atoms with E-state index >= 15 is 0 Å². The van der Waals surface area contributed by atoms with Crippen LogP contribution < -0.4 is 5.32 Å². The molecule has 0 amide bonds. The first-order chi connectivity index (χ1) is 6.45. The van der Waals surface area contributed by atoms with Crippen molar-refractivity contribution >= 4 is 11.3 Å². The van der Waals surface area contributed by atoms with Gasteiger partial charge in [-0.3, -0.25) is 0 Å². The van der Waals surface area contributed by atoms with E-state index in [1.165, 1.54) is 11.3 Å². The zero-order valence-corrected chi connectivity index (χ0v) is 8.48. The molecule has 0 aromatic carbocycles. The Kier molecular flexibility index (Phi) is 3.35. The minimum absolute atomic E-state index is 0.597. The fourth-order valence-electron chi connectivity index (χ4n) is 1.55. The lowest BCUT2D eigenvalue weighted by atomic mass is 10.2. The first kappa shape index (κ1) is 9.19. The summed E-state index contributed by atoms with van der Waals surface area (Å²) in [6, 6.07) is 4.90. The number of nitrogens with one attached hydrogen (secondary N) is 1. The lowest BCUT2D eigenvalue weighted by molar-refractivity contribution is 0.190. The van der Waals surface area contributed by atoms with Gasteiger partial charge in [0.15, 0.2) is 0 Å². The highest BCUT2D eigenvalue weighted by Crippen LogP contribution is 2.09. The molecule has 2 nitrogen and oxygen atoms in total. The molecule has 1 aromatic rings. The highest BCUT2D eigenvalue weighted by molar-refractivity contribution is 7.09. The van der Waals surface area contributed by atoms with Crippen LogP contribution in [0.4, 0.5) is 0 Å². The fraction of sp³-hybridized carbons (Fsp3) is 0.600. The highest BCUT2D eigenvalue weighted by Gasteiger charge is 2.13. The topological polar surface area (TPSA) is 21.3 Å². The first-order valence-electron chi connectivity index (χ1n) is 4.78. The lowest BCUT2D eigenvalue weighted by Gasteiger charge is -2.08. The second-order valence-electron chi connectivity index (χ2n) is 3.34. The molecule has 0 aliphatic carbocycles. The van der Waals surface area contributed by atoms with E-state index in [2.05, 4.69) is 22.8 Å². The molecule has 13 heavy (non-hydrogen) atoms. The van der Waals surface area contributed by atoms with Crippen LogP contribution in [-0.2, 0) is 11.2 Å². The monoisotopic (exact) mass is 197 g/mol. The summed E-state index contributed by atoms with van der Waals surface area (Å²) in [7, 11) is 0. The van der Waals surface area contributed by atoms with Crippen molar-refractivity contribution in [3.8, 4) is 0 Å². The molecule has 0 radical (unpaired) electrons. The third-order valence-corrected chi connectivity index (χ3v) is 3.25. The lowest BCUT2D eigenvalue weighted by Crippen LogP contribution is -2.30. The Morgan fingerprint density at radius 1 is 1.62 bits per heavy atom. The maximum atomic E-state index is 5.28. The predicted octanol–water partition coefficient (Wildman–Crippen LogP) is 1.67. The molecule has 1 aromatic heterocycles. The molecular weight excluding hydrogens is 182 g/mol. The smallest absolute Gasteiger partial charge is 0.0620 e. The van der Waals surface area contributed by atoms with Gasteiger partial charge in [-0.2, -0.15) is 0 Å². The van der Waals surface area contributed by atoms with Crippen LogP contribution in [0.15, 0.2) is 17.5 Å². The van der Waals surface area contributed by atoms with Crippen LogP contribution in [0.2, 0.25) is 0 Å². The quantitative estimate of drug-likeness (QED) is 0.792. The number of hydrogen-bond donors (Lipinski definition) is 1. The molecule has 72 valence electrons. The SMILES string of the molecule is c1csc(CCNC2CCOC2)c1. The van der Waals surface area contributed by atoms with Crippen molar-refractivity contribution in [1.82, 2.24) is 5.32 Å². The van der Waals surface area contributed by atoms with Gasteiger partial charge in [0.25, 0.3) is 0 Å². The van der Waals surface area contributed by atoms with Crippen molar-refractivity contribution in [3.63, 3.8) is 0 Å². The van der Waals surface area contributed by atoms with Crippen molar-refractivity contribution in [1.29, 1.82) is 0 Å². The Bertz CT molecular complexity index is 229. The molecule has 2 rings (SSSR count). The van der Waals surface area contributed by atoms with E-state index in [-0.39, 0.29) is 0 Å². The average molecular weight is 197 g/mol. The van der Waals surface area contributed by atoms with Crippen LogP contribution in [-0.4, -0.2) is 25.8 Å². The number of hydrogen-bond acceptors (Lipinski definition) is 3. The van der Waals surface area contributed by atoms with Crippen LogP contribution in [0, 0.1) is 0 Å². The molecule has 3 heteroatoms. The molecule has 0 saturated carbocycles. The van der Waals surface area contributed by atoms with Crippen LogP contribution in [0.1, 0.15) is 11.3 Å². The van der Waals surface area contributed by atoms with E-state index in [1.807, 2.05) is 11.3 Å². The molecule has 1 unspecified atom stereocenters. The summed E-state index contributed by atoms with van der Waals surface area (Å²) < 4.78 is 5.28. The van der Waals surface area contributed by atoms with Gasteiger partial charge in [0.2, 0.25) is 0 Å².